The largest absolute Gasteiger partial charge is 0.368 e. The number of fused-ring (bicyclic) bond motifs is 1. The summed E-state index contributed by atoms with van der Waals surface area (Å²) >= 11 is 0. The van der Waals surface area contributed by atoms with Crippen molar-refractivity contribution in [3.05, 3.63) is 36.1 Å². The monoisotopic (exact) mass is 313 g/mol. The molecule has 23 heavy (non-hydrogen) atoms. The van der Waals surface area contributed by atoms with Crippen LogP contribution in [0.25, 0.3) is 11.3 Å². The number of nitrogen functional groups attached to an aromatic ring is 1. The second kappa shape index (κ2) is 5.77. The summed E-state index contributed by atoms with van der Waals surface area (Å²) in [7, 11) is 0. The molecule has 3 heterocycles. The first-order valence-corrected chi connectivity index (χ1v) is 8.08. The Kier molecular flexibility index (Phi) is 3.61. The molecule has 0 spiro atoms. The highest BCUT2D eigenvalue weighted by Gasteiger charge is 2.35. The van der Waals surface area contributed by atoms with Crippen LogP contribution in [-0.2, 0) is 0 Å². The van der Waals surface area contributed by atoms with Crippen LogP contribution in [0.15, 0.2) is 30.3 Å². The number of hydrogen-bond donors (Lipinski definition) is 2. The Morgan fingerprint density at radius 3 is 2.96 bits per heavy atom. The van der Waals surface area contributed by atoms with Gasteiger partial charge in [0.2, 0.25) is 5.95 Å². The Morgan fingerprint density at radius 2 is 2.13 bits per heavy atom. The minimum atomic E-state index is -0.280. The number of nitrogens with zero attached hydrogens (tertiary/aromatic N) is 3. The van der Waals surface area contributed by atoms with Crippen LogP contribution in [0.3, 0.4) is 0 Å². The van der Waals surface area contributed by atoms with Crippen LogP contribution in [-0.4, -0.2) is 35.6 Å². The number of aromatic nitrogens is 2. The van der Waals surface area contributed by atoms with Gasteiger partial charge in [-0.2, -0.15) is 4.98 Å². The summed E-state index contributed by atoms with van der Waals surface area (Å²) < 4.78 is 13.5. The van der Waals surface area contributed by atoms with Crippen molar-refractivity contribution >= 4 is 11.8 Å². The number of nitrogens with two attached hydrogens (primary N) is 1. The molecule has 0 radical (unpaired) electrons. The molecule has 4 rings (SSSR count). The molecule has 0 saturated carbocycles. The van der Waals surface area contributed by atoms with Crippen molar-refractivity contribution in [3.63, 3.8) is 0 Å². The molecule has 5 nitrogen and oxygen atoms in total. The molecule has 2 aliphatic heterocycles. The molecule has 3 N–H and O–H groups in total. The summed E-state index contributed by atoms with van der Waals surface area (Å²) in [6.45, 7) is 3.01. The maximum atomic E-state index is 13.5. The molecule has 0 unspecified atom stereocenters. The van der Waals surface area contributed by atoms with Gasteiger partial charge in [-0.15, -0.1) is 0 Å². The van der Waals surface area contributed by atoms with E-state index in [1.165, 1.54) is 25.0 Å². The Balaban J connectivity index is 1.65. The summed E-state index contributed by atoms with van der Waals surface area (Å²) in [5.74, 6) is 1.44. The zero-order chi connectivity index (χ0) is 15.8. The first-order valence-electron chi connectivity index (χ1n) is 8.08. The van der Waals surface area contributed by atoms with Crippen molar-refractivity contribution in [2.24, 2.45) is 5.92 Å². The summed E-state index contributed by atoms with van der Waals surface area (Å²) in [4.78, 5) is 10.9. The highest BCUT2D eigenvalue weighted by atomic mass is 19.1. The smallest absolute Gasteiger partial charge is 0.222 e. The molecule has 1 aromatic heterocycles. The predicted molar refractivity (Wildman–Crippen MR) is 88.6 cm³/mol. The number of anilines is 2. The molecule has 0 amide bonds. The lowest BCUT2D eigenvalue weighted by atomic mass is 9.94. The van der Waals surface area contributed by atoms with Crippen molar-refractivity contribution < 1.29 is 4.39 Å². The molecular formula is C17H20FN5. The minimum Gasteiger partial charge on any atom is -0.368 e. The Labute approximate surface area is 134 Å². The van der Waals surface area contributed by atoms with Crippen LogP contribution in [0, 0.1) is 11.7 Å². The first kappa shape index (κ1) is 14.4. The van der Waals surface area contributed by atoms with Crippen molar-refractivity contribution in [2.45, 2.75) is 18.9 Å². The van der Waals surface area contributed by atoms with E-state index in [-0.39, 0.29) is 11.8 Å². The Morgan fingerprint density at radius 1 is 1.22 bits per heavy atom. The van der Waals surface area contributed by atoms with E-state index in [1.807, 2.05) is 12.1 Å². The van der Waals surface area contributed by atoms with Gasteiger partial charge >= 0.3 is 0 Å². The van der Waals surface area contributed by atoms with Crippen LogP contribution in [0.5, 0.6) is 0 Å². The third kappa shape index (κ3) is 2.86. The highest BCUT2D eigenvalue weighted by molar-refractivity contribution is 5.64. The standard InChI is InChI=1S/C17H20FN5/c18-13-5-1-3-11(7-13)14-8-16(22-17(19)21-14)23-9-12-4-2-6-20-15(12)10-23/h1,3,5,7-8,12,15,20H,2,4,6,9-10H2,(H2,19,21,22)/t12-,15+/m1/s1. The third-order valence-corrected chi connectivity index (χ3v) is 4.77. The van der Waals surface area contributed by atoms with Crippen LogP contribution in [0.1, 0.15) is 12.8 Å². The van der Waals surface area contributed by atoms with Crippen molar-refractivity contribution in [1.29, 1.82) is 0 Å². The molecule has 2 aliphatic rings. The molecular weight excluding hydrogens is 293 g/mol. The third-order valence-electron chi connectivity index (χ3n) is 4.77. The lowest BCUT2D eigenvalue weighted by Gasteiger charge is -2.24. The van der Waals surface area contributed by atoms with Crippen LogP contribution in [0.2, 0.25) is 0 Å². The number of nitrogens with one attached hydrogen (secondary N) is 1. The van der Waals surface area contributed by atoms with E-state index >= 15 is 0 Å². The van der Waals surface area contributed by atoms with Gasteiger partial charge in [0.25, 0.3) is 0 Å². The second-order valence-corrected chi connectivity index (χ2v) is 6.35. The average Bonchev–Trinajstić information content (AvgIpc) is 2.98. The van der Waals surface area contributed by atoms with Gasteiger partial charge in [-0.3, -0.25) is 0 Å². The van der Waals surface area contributed by atoms with Gasteiger partial charge in [0.05, 0.1) is 5.69 Å². The van der Waals surface area contributed by atoms with Crippen LogP contribution < -0.4 is 16.0 Å². The SMILES string of the molecule is Nc1nc(-c2cccc(F)c2)cc(N2C[C@H]3CCCN[C@H]3C2)n1. The maximum absolute atomic E-state index is 13.5. The van der Waals surface area contributed by atoms with E-state index in [0.717, 1.165) is 31.0 Å². The van der Waals surface area contributed by atoms with Crippen molar-refractivity contribution in [2.75, 3.05) is 30.3 Å². The Bertz CT molecular complexity index is 706. The molecule has 120 valence electrons. The number of benzene rings is 1. The topological polar surface area (TPSA) is 67.1 Å². The fraction of sp³-hybridized carbons (Fsp3) is 0.412. The predicted octanol–water partition coefficient (Wildman–Crippen LogP) is 2.05. The highest BCUT2D eigenvalue weighted by Crippen LogP contribution is 2.30. The van der Waals surface area contributed by atoms with E-state index in [4.69, 9.17) is 5.73 Å². The van der Waals surface area contributed by atoms with E-state index in [9.17, 15) is 4.39 Å². The molecule has 2 atom stereocenters. The normalized spacial score (nSPS) is 23.8. The lowest BCUT2D eigenvalue weighted by molar-refractivity contribution is 0.340. The Hall–Kier alpha value is -2.21. The number of rotatable bonds is 2. The molecule has 0 bridgehead atoms. The van der Waals surface area contributed by atoms with Gasteiger partial charge in [-0.05, 0) is 37.4 Å². The van der Waals surface area contributed by atoms with E-state index in [0.29, 0.717) is 17.7 Å². The van der Waals surface area contributed by atoms with Gasteiger partial charge in [0.15, 0.2) is 0 Å². The van der Waals surface area contributed by atoms with Gasteiger partial charge in [-0.1, -0.05) is 12.1 Å². The van der Waals surface area contributed by atoms with Crippen molar-refractivity contribution in [1.82, 2.24) is 15.3 Å². The molecule has 6 heteroatoms. The van der Waals surface area contributed by atoms with E-state index in [1.54, 1.807) is 6.07 Å². The second-order valence-electron chi connectivity index (χ2n) is 6.35. The summed E-state index contributed by atoms with van der Waals surface area (Å²) in [6, 6.07) is 8.83. The fourth-order valence-electron chi connectivity index (χ4n) is 3.64. The lowest BCUT2D eigenvalue weighted by Crippen LogP contribution is -2.40. The molecule has 2 saturated heterocycles. The molecule has 1 aromatic carbocycles. The summed E-state index contributed by atoms with van der Waals surface area (Å²) in [5, 5.41) is 3.58. The van der Waals surface area contributed by atoms with Gasteiger partial charge in [0, 0.05) is 30.8 Å². The fourth-order valence-corrected chi connectivity index (χ4v) is 3.64. The molecule has 2 fully saturated rings. The molecule has 2 aromatic rings. The van der Waals surface area contributed by atoms with Crippen LogP contribution in [0.4, 0.5) is 16.2 Å². The number of piperidine rings is 1. The van der Waals surface area contributed by atoms with Gasteiger partial charge < -0.3 is 16.0 Å². The zero-order valence-corrected chi connectivity index (χ0v) is 12.9. The maximum Gasteiger partial charge on any atom is 0.222 e. The van der Waals surface area contributed by atoms with Gasteiger partial charge in [-0.25, -0.2) is 9.37 Å². The average molecular weight is 313 g/mol. The molecule has 0 aliphatic carbocycles. The van der Waals surface area contributed by atoms with Crippen LogP contribution >= 0.6 is 0 Å². The van der Waals surface area contributed by atoms with Gasteiger partial charge in [0.1, 0.15) is 11.6 Å². The summed E-state index contributed by atoms with van der Waals surface area (Å²) in [6.07, 6.45) is 2.49. The van der Waals surface area contributed by atoms with E-state index in [2.05, 4.69) is 20.2 Å². The number of hydrogen-bond acceptors (Lipinski definition) is 5. The van der Waals surface area contributed by atoms with Crippen molar-refractivity contribution in [3.8, 4) is 11.3 Å². The van der Waals surface area contributed by atoms with E-state index < -0.39 is 0 Å². The quantitative estimate of drug-likeness (QED) is 0.888. The summed E-state index contributed by atoms with van der Waals surface area (Å²) in [5.41, 5.74) is 7.27. The minimum absolute atomic E-state index is 0.226. The number of halogens is 1. The zero-order valence-electron chi connectivity index (χ0n) is 12.9. The first-order chi connectivity index (χ1) is 11.2.